The number of hydrogen-bond acceptors (Lipinski definition) is 6. The second-order valence-corrected chi connectivity index (χ2v) is 7.37. The van der Waals surface area contributed by atoms with Gasteiger partial charge >= 0.3 is 0 Å². The SMILES string of the molecule is CCCCCCOc1ccc(C(=O)Nc2nc(-c3cccnc3)cs2)cc1OC. The monoisotopic (exact) mass is 411 g/mol. The number of hydrogen-bond donors (Lipinski definition) is 1. The highest BCUT2D eigenvalue weighted by atomic mass is 32.1. The number of benzene rings is 1. The smallest absolute Gasteiger partial charge is 0.257 e. The molecule has 6 nitrogen and oxygen atoms in total. The summed E-state index contributed by atoms with van der Waals surface area (Å²) in [6, 6.07) is 8.98. The van der Waals surface area contributed by atoms with Crippen LogP contribution in [-0.2, 0) is 0 Å². The number of pyridine rings is 1. The fourth-order valence-electron chi connectivity index (χ4n) is 2.79. The zero-order valence-electron chi connectivity index (χ0n) is 16.7. The van der Waals surface area contributed by atoms with Gasteiger partial charge in [-0.05, 0) is 36.8 Å². The maximum absolute atomic E-state index is 12.6. The number of methoxy groups -OCH3 is 1. The van der Waals surface area contributed by atoms with Crippen LogP contribution in [0.15, 0.2) is 48.1 Å². The first kappa shape index (κ1) is 20.8. The van der Waals surface area contributed by atoms with E-state index in [1.54, 1.807) is 37.7 Å². The summed E-state index contributed by atoms with van der Waals surface area (Å²) in [6.45, 7) is 2.82. The van der Waals surface area contributed by atoms with Gasteiger partial charge in [0.1, 0.15) is 0 Å². The number of amides is 1. The Hall–Kier alpha value is -2.93. The van der Waals surface area contributed by atoms with Crippen molar-refractivity contribution in [3.8, 4) is 22.8 Å². The Morgan fingerprint density at radius 1 is 1.17 bits per heavy atom. The second-order valence-electron chi connectivity index (χ2n) is 6.51. The summed E-state index contributed by atoms with van der Waals surface area (Å²) >= 11 is 1.37. The molecule has 0 aliphatic carbocycles. The van der Waals surface area contributed by atoms with E-state index < -0.39 is 0 Å². The number of aromatic nitrogens is 2. The van der Waals surface area contributed by atoms with Gasteiger partial charge in [0.25, 0.3) is 5.91 Å². The van der Waals surface area contributed by atoms with Gasteiger partial charge in [-0.25, -0.2) is 4.98 Å². The van der Waals surface area contributed by atoms with E-state index in [0.29, 0.717) is 28.8 Å². The molecule has 7 heteroatoms. The molecule has 2 aromatic heterocycles. The van der Waals surface area contributed by atoms with Crippen LogP contribution < -0.4 is 14.8 Å². The third-order valence-electron chi connectivity index (χ3n) is 4.36. The van der Waals surface area contributed by atoms with Crippen LogP contribution in [0.3, 0.4) is 0 Å². The van der Waals surface area contributed by atoms with Crippen molar-refractivity contribution in [2.75, 3.05) is 19.0 Å². The lowest BCUT2D eigenvalue weighted by Crippen LogP contribution is -2.12. The zero-order valence-corrected chi connectivity index (χ0v) is 17.5. The highest BCUT2D eigenvalue weighted by Gasteiger charge is 2.13. The molecule has 0 atom stereocenters. The molecule has 0 spiro atoms. The summed E-state index contributed by atoms with van der Waals surface area (Å²) in [6.07, 6.45) is 8.00. The average Bonchev–Trinajstić information content (AvgIpc) is 3.22. The zero-order chi connectivity index (χ0) is 20.5. The maximum Gasteiger partial charge on any atom is 0.257 e. The minimum absolute atomic E-state index is 0.245. The molecule has 0 unspecified atom stereocenters. The minimum atomic E-state index is -0.245. The van der Waals surface area contributed by atoms with E-state index in [2.05, 4.69) is 22.2 Å². The first-order valence-electron chi connectivity index (χ1n) is 9.69. The van der Waals surface area contributed by atoms with Crippen molar-refractivity contribution in [3.05, 3.63) is 53.7 Å². The van der Waals surface area contributed by atoms with Crippen LogP contribution >= 0.6 is 11.3 Å². The van der Waals surface area contributed by atoms with Crippen LogP contribution in [0.25, 0.3) is 11.3 Å². The molecule has 1 aromatic carbocycles. The number of ether oxygens (including phenoxy) is 2. The number of carbonyl (C=O) groups excluding carboxylic acids is 1. The molecule has 0 aliphatic heterocycles. The number of nitrogens with zero attached hydrogens (tertiary/aromatic N) is 2. The number of nitrogens with one attached hydrogen (secondary N) is 1. The largest absolute Gasteiger partial charge is 0.493 e. The van der Waals surface area contributed by atoms with E-state index in [4.69, 9.17) is 9.47 Å². The Balaban J connectivity index is 1.63. The summed E-state index contributed by atoms with van der Waals surface area (Å²) in [5, 5.41) is 5.26. The average molecular weight is 412 g/mol. The first-order chi connectivity index (χ1) is 14.2. The first-order valence-corrected chi connectivity index (χ1v) is 10.6. The molecule has 2 heterocycles. The summed E-state index contributed by atoms with van der Waals surface area (Å²) in [4.78, 5) is 21.2. The molecule has 3 aromatic rings. The molecule has 0 fully saturated rings. The molecule has 29 heavy (non-hydrogen) atoms. The highest BCUT2D eigenvalue weighted by molar-refractivity contribution is 7.14. The summed E-state index contributed by atoms with van der Waals surface area (Å²) in [7, 11) is 1.57. The van der Waals surface area contributed by atoms with Crippen LogP contribution in [-0.4, -0.2) is 29.6 Å². The van der Waals surface area contributed by atoms with Crippen molar-refractivity contribution in [3.63, 3.8) is 0 Å². The van der Waals surface area contributed by atoms with E-state index in [1.807, 2.05) is 17.5 Å². The molecule has 1 N–H and O–H groups in total. The molecular weight excluding hydrogens is 386 g/mol. The second kappa shape index (κ2) is 10.6. The number of carbonyl (C=O) groups is 1. The van der Waals surface area contributed by atoms with Gasteiger partial charge in [0, 0.05) is 28.9 Å². The minimum Gasteiger partial charge on any atom is -0.493 e. The molecule has 0 saturated heterocycles. The van der Waals surface area contributed by atoms with Crippen LogP contribution in [0.5, 0.6) is 11.5 Å². The quantitative estimate of drug-likeness (QED) is 0.451. The van der Waals surface area contributed by atoms with E-state index in [1.165, 1.54) is 24.2 Å². The predicted octanol–water partition coefficient (Wildman–Crippen LogP) is 5.43. The van der Waals surface area contributed by atoms with Gasteiger partial charge in [-0.15, -0.1) is 11.3 Å². The van der Waals surface area contributed by atoms with Crippen molar-refractivity contribution in [1.29, 1.82) is 0 Å². The van der Waals surface area contributed by atoms with Gasteiger partial charge < -0.3 is 9.47 Å². The Bertz CT molecular complexity index is 928. The standard InChI is InChI=1S/C22H25N3O3S/c1-3-4-5-6-12-28-19-10-9-16(13-20(19)27-2)21(26)25-22-24-18(15-29-22)17-8-7-11-23-14-17/h7-11,13-15H,3-6,12H2,1-2H3,(H,24,25,26). The highest BCUT2D eigenvalue weighted by Crippen LogP contribution is 2.29. The maximum atomic E-state index is 12.6. The fraction of sp³-hybridized carbons (Fsp3) is 0.318. The van der Waals surface area contributed by atoms with Gasteiger partial charge in [-0.2, -0.15) is 0 Å². The van der Waals surface area contributed by atoms with Crippen molar-refractivity contribution >= 4 is 22.4 Å². The van der Waals surface area contributed by atoms with Gasteiger partial charge in [-0.3, -0.25) is 15.1 Å². The van der Waals surface area contributed by atoms with Crippen molar-refractivity contribution in [1.82, 2.24) is 9.97 Å². The number of anilines is 1. The number of thiazole rings is 1. The topological polar surface area (TPSA) is 73.3 Å². The lowest BCUT2D eigenvalue weighted by molar-refractivity contribution is 0.102. The van der Waals surface area contributed by atoms with E-state index >= 15 is 0 Å². The van der Waals surface area contributed by atoms with Gasteiger partial charge in [0.2, 0.25) is 0 Å². The van der Waals surface area contributed by atoms with E-state index in [9.17, 15) is 4.79 Å². The Kier molecular flexibility index (Phi) is 7.58. The molecule has 0 radical (unpaired) electrons. The van der Waals surface area contributed by atoms with Gasteiger partial charge in [-0.1, -0.05) is 26.2 Å². The lowest BCUT2D eigenvalue weighted by atomic mass is 10.2. The normalized spacial score (nSPS) is 10.6. The van der Waals surface area contributed by atoms with Gasteiger partial charge in [0.05, 0.1) is 19.4 Å². The third kappa shape index (κ3) is 5.77. The molecule has 1 amide bonds. The predicted molar refractivity (Wildman–Crippen MR) is 116 cm³/mol. The molecule has 3 rings (SSSR count). The van der Waals surface area contributed by atoms with E-state index in [-0.39, 0.29) is 5.91 Å². The summed E-state index contributed by atoms with van der Waals surface area (Å²) in [5.41, 5.74) is 2.17. The molecule has 152 valence electrons. The molecule has 0 aliphatic rings. The Labute approximate surface area is 174 Å². The fourth-order valence-corrected chi connectivity index (χ4v) is 3.50. The lowest BCUT2D eigenvalue weighted by Gasteiger charge is -2.12. The molecular formula is C22H25N3O3S. The van der Waals surface area contributed by atoms with Crippen molar-refractivity contribution < 1.29 is 14.3 Å². The summed E-state index contributed by atoms with van der Waals surface area (Å²) < 4.78 is 11.2. The van der Waals surface area contributed by atoms with Crippen LogP contribution in [0.2, 0.25) is 0 Å². The Morgan fingerprint density at radius 2 is 2.07 bits per heavy atom. The number of rotatable bonds is 10. The summed E-state index contributed by atoms with van der Waals surface area (Å²) in [5.74, 6) is 0.946. The Morgan fingerprint density at radius 3 is 2.83 bits per heavy atom. The number of unbranched alkanes of at least 4 members (excludes halogenated alkanes) is 3. The van der Waals surface area contributed by atoms with Crippen LogP contribution in [0.1, 0.15) is 43.0 Å². The molecule has 0 bridgehead atoms. The van der Waals surface area contributed by atoms with E-state index in [0.717, 1.165) is 24.1 Å². The van der Waals surface area contributed by atoms with Crippen molar-refractivity contribution in [2.24, 2.45) is 0 Å². The van der Waals surface area contributed by atoms with Gasteiger partial charge in [0.15, 0.2) is 16.6 Å². The third-order valence-corrected chi connectivity index (χ3v) is 5.12. The molecule has 0 saturated carbocycles. The van der Waals surface area contributed by atoms with Crippen LogP contribution in [0, 0.1) is 0 Å². The van der Waals surface area contributed by atoms with Crippen molar-refractivity contribution in [2.45, 2.75) is 32.6 Å². The van der Waals surface area contributed by atoms with Crippen LogP contribution in [0.4, 0.5) is 5.13 Å².